The van der Waals surface area contributed by atoms with Gasteiger partial charge < -0.3 is 19.8 Å². The van der Waals surface area contributed by atoms with E-state index < -0.39 is 0 Å². The normalized spacial score (nSPS) is 21.5. The highest BCUT2D eigenvalue weighted by Gasteiger charge is 2.29. The van der Waals surface area contributed by atoms with E-state index in [1.54, 1.807) is 0 Å². The van der Waals surface area contributed by atoms with Crippen molar-refractivity contribution in [3.63, 3.8) is 0 Å². The second-order valence-electron chi connectivity index (χ2n) is 5.70. The van der Waals surface area contributed by atoms with Crippen LogP contribution < -0.4 is 10.6 Å². The summed E-state index contributed by atoms with van der Waals surface area (Å²) in [4.78, 5) is 8.85. The molecule has 7 heteroatoms. The Hall–Kier alpha value is -0.830. The zero-order chi connectivity index (χ0) is 15.3. The molecular weight excluding hydrogens is 395 g/mol. The van der Waals surface area contributed by atoms with Crippen LogP contribution in [0.25, 0.3) is 0 Å². The van der Waals surface area contributed by atoms with Crippen molar-refractivity contribution in [1.29, 1.82) is 0 Å². The first-order valence-electron chi connectivity index (χ1n) is 7.61. The van der Waals surface area contributed by atoms with Crippen LogP contribution in [0.5, 0.6) is 0 Å². The van der Waals surface area contributed by atoms with Gasteiger partial charge in [0.2, 0.25) is 5.89 Å². The van der Waals surface area contributed by atoms with Crippen molar-refractivity contribution in [1.82, 2.24) is 15.6 Å². The summed E-state index contributed by atoms with van der Waals surface area (Å²) in [5, 5.41) is 6.57. The van der Waals surface area contributed by atoms with Gasteiger partial charge in [0.25, 0.3) is 0 Å². The van der Waals surface area contributed by atoms with E-state index in [9.17, 15) is 0 Å². The van der Waals surface area contributed by atoms with E-state index in [1.807, 2.05) is 20.8 Å². The van der Waals surface area contributed by atoms with Gasteiger partial charge in [0.05, 0.1) is 11.3 Å². The van der Waals surface area contributed by atoms with E-state index in [0.29, 0.717) is 12.4 Å². The van der Waals surface area contributed by atoms with Gasteiger partial charge in [-0.3, -0.25) is 0 Å². The Morgan fingerprint density at radius 2 is 2.14 bits per heavy atom. The van der Waals surface area contributed by atoms with Crippen molar-refractivity contribution < 1.29 is 9.15 Å². The summed E-state index contributed by atoms with van der Waals surface area (Å²) in [6.45, 7) is 10.9. The Morgan fingerprint density at radius 3 is 2.68 bits per heavy atom. The maximum Gasteiger partial charge on any atom is 0.216 e. The average Bonchev–Trinajstić information content (AvgIpc) is 3.01. The molecule has 1 aliphatic rings. The van der Waals surface area contributed by atoms with Crippen molar-refractivity contribution in [2.24, 2.45) is 4.99 Å². The molecule has 2 N–H and O–H groups in total. The molecule has 1 fully saturated rings. The van der Waals surface area contributed by atoms with E-state index >= 15 is 0 Å². The SMILES string of the molecule is CCNC(=NCc1nc(C)c(C)o1)NCC1(C)CCCO1.I. The summed E-state index contributed by atoms with van der Waals surface area (Å²) in [5.74, 6) is 2.26. The third-order valence-corrected chi connectivity index (χ3v) is 3.72. The second-order valence-corrected chi connectivity index (χ2v) is 5.70. The van der Waals surface area contributed by atoms with Gasteiger partial charge in [-0.2, -0.15) is 0 Å². The molecule has 2 heterocycles. The number of hydrogen-bond acceptors (Lipinski definition) is 4. The number of aryl methyl sites for hydroxylation is 2. The highest BCUT2D eigenvalue weighted by atomic mass is 127. The molecule has 0 aliphatic carbocycles. The lowest BCUT2D eigenvalue weighted by atomic mass is 10.0. The molecule has 1 aromatic heterocycles. The van der Waals surface area contributed by atoms with Crippen molar-refractivity contribution in [3.8, 4) is 0 Å². The largest absolute Gasteiger partial charge is 0.444 e. The highest BCUT2D eigenvalue weighted by Crippen LogP contribution is 2.23. The molecule has 1 saturated heterocycles. The van der Waals surface area contributed by atoms with Crippen LogP contribution in [0.1, 0.15) is 44.0 Å². The topological polar surface area (TPSA) is 71.7 Å². The van der Waals surface area contributed by atoms with Crippen LogP contribution in [0.3, 0.4) is 0 Å². The van der Waals surface area contributed by atoms with E-state index in [2.05, 4.69) is 27.5 Å². The van der Waals surface area contributed by atoms with Gasteiger partial charge in [0, 0.05) is 19.7 Å². The van der Waals surface area contributed by atoms with E-state index in [1.165, 1.54) is 0 Å². The maximum absolute atomic E-state index is 5.77. The number of rotatable bonds is 5. The zero-order valence-electron chi connectivity index (χ0n) is 13.9. The van der Waals surface area contributed by atoms with Crippen molar-refractivity contribution in [3.05, 3.63) is 17.3 Å². The minimum Gasteiger partial charge on any atom is -0.444 e. The van der Waals surface area contributed by atoms with Crippen LogP contribution in [0.4, 0.5) is 0 Å². The Kier molecular flexibility index (Phi) is 7.61. The number of nitrogens with zero attached hydrogens (tertiary/aromatic N) is 2. The fraction of sp³-hybridized carbons (Fsp3) is 0.733. The monoisotopic (exact) mass is 422 g/mol. The lowest BCUT2D eigenvalue weighted by Gasteiger charge is -2.24. The fourth-order valence-corrected chi connectivity index (χ4v) is 2.34. The molecule has 1 aliphatic heterocycles. The molecular formula is C15H27IN4O2. The Balaban J connectivity index is 0.00000242. The molecule has 1 aromatic rings. The molecule has 126 valence electrons. The van der Waals surface area contributed by atoms with Crippen LogP contribution in [-0.2, 0) is 11.3 Å². The lowest BCUT2D eigenvalue weighted by molar-refractivity contribution is 0.0243. The molecule has 22 heavy (non-hydrogen) atoms. The van der Waals surface area contributed by atoms with Gasteiger partial charge in [-0.05, 0) is 40.5 Å². The second kappa shape index (κ2) is 8.71. The number of oxazole rings is 1. The average molecular weight is 422 g/mol. The number of nitrogens with one attached hydrogen (secondary N) is 2. The molecule has 0 aromatic carbocycles. The van der Waals surface area contributed by atoms with Crippen LogP contribution in [0, 0.1) is 13.8 Å². The van der Waals surface area contributed by atoms with Gasteiger partial charge in [-0.1, -0.05) is 0 Å². The smallest absolute Gasteiger partial charge is 0.216 e. The Morgan fingerprint density at radius 1 is 1.36 bits per heavy atom. The van der Waals surface area contributed by atoms with Gasteiger partial charge >= 0.3 is 0 Å². The maximum atomic E-state index is 5.77. The van der Waals surface area contributed by atoms with Crippen molar-refractivity contribution >= 4 is 29.9 Å². The number of guanidine groups is 1. The number of aromatic nitrogens is 1. The zero-order valence-corrected chi connectivity index (χ0v) is 16.2. The predicted octanol–water partition coefficient (Wildman–Crippen LogP) is 2.53. The van der Waals surface area contributed by atoms with Gasteiger partial charge in [0.1, 0.15) is 12.3 Å². The van der Waals surface area contributed by atoms with Gasteiger partial charge in [0.15, 0.2) is 5.96 Å². The molecule has 2 rings (SSSR count). The first-order valence-corrected chi connectivity index (χ1v) is 7.61. The molecule has 0 saturated carbocycles. The fourth-order valence-electron chi connectivity index (χ4n) is 2.34. The summed E-state index contributed by atoms with van der Waals surface area (Å²) < 4.78 is 11.3. The van der Waals surface area contributed by atoms with E-state index in [-0.39, 0.29) is 29.6 Å². The number of halogens is 1. The predicted molar refractivity (Wildman–Crippen MR) is 97.8 cm³/mol. The summed E-state index contributed by atoms with van der Waals surface area (Å²) in [6, 6.07) is 0. The van der Waals surface area contributed by atoms with Gasteiger partial charge in [-0.25, -0.2) is 9.98 Å². The summed E-state index contributed by atoms with van der Waals surface area (Å²) in [5.41, 5.74) is 0.830. The van der Waals surface area contributed by atoms with Crippen LogP contribution in [0.15, 0.2) is 9.41 Å². The minimum atomic E-state index is -0.0910. The minimum absolute atomic E-state index is 0. The Bertz CT molecular complexity index is 476. The van der Waals surface area contributed by atoms with Crippen LogP contribution in [0.2, 0.25) is 0 Å². The summed E-state index contributed by atoms with van der Waals surface area (Å²) in [6.07, 6.45) is 2.21. The van der Waals surface area contributed by atoms with Crippen molar-refractivity contribution in [2.75, 3.05) is 19.7 Å². The first kappa shape index (κ1) is 19.2. The molecule has 0 bridgehead atoms. The van der Waals surface area contributed by atoms with E-state index in [4.69, 9.17) is 9.15 Å². The first-order chi connectivity index (χ1) is 10.0. The molecule has 0 radical (unpaired) electrons. The van der Waals surface area contributed by atoms with Crippen molar-refractivity contribution in [2.45, 2.75) is 52.7 Å². The lowest BCUT2D eigenvalue weighted by Crippen LogP contribution is -2.45. The van der Waals surface area contributed by atoms with Crippen LogP contribution in [-0.4, -0.2) is 36.2 Å². The highest BCUT2D eigenvalue weighted by molar-refractivity contribution is 14.0. The quantitative estimate of drug-likeness (QED) is 0.434. The van der Waals surface area contributed by atoms with Crippen LogP contribution >= 0.6 is 24.0 Å². The third-order valence-electron chi connectivity index (χ3n) is 3.72. The third kappa shape index (κ3) is 5.42. The molecule has 0 amide bonds. The summed E-state index contributed by atoms with van der Waals surface area (Å²) >= 11 is 0. The Labute approximate surface area is 149 Å². The summed E-state index contributed by atoms with van der Waals surface area (Å²) in [7, 11) is 0. The molecule has 1 unspecified atom stereocenters. The standard InChI is InChI=1S/C15H26N4O2.HI/c1-5-16-14(18-10-15(4)7-6-8-20-15)17-9-13-19-11(2)12(3)21-13;/h5-10H2,1-4H3,(H2,16,17,18);1H. The number of aliphatic imine (C=N–C) groups is 1. The van der Waals surface area contributed by atoms with E-state index in [0.717, 1.165) is 50.0 Å². The number of ether oxygens (including phenoxy) is 1. The molecule has 1 atom stereocenters. The van der Waals surface area contributed by atoms with Gasteiger partial charge in [-0.15, -0.1) is 24.0 Å². The molecule has 0 spiro atoms. The number of hydrogen-bond donors (Lipinski definition) is 2. The molecule has 6 nitrogen and oxygen atoms in total.